The second kappa shape index (κ2) is 8.97. The zero-order chi connectivity index (χ0) is 23.0. The molecule has 0 saturated carbocycles. The molecule has 1 N–H and O–H groups in total. The van der Waals surface area contributed by atoms with Crippen LogP contribution in [0.4, 0.5) is 5.95 Å². The van der Waals surface area contributed by atoms with Gasteiger partial charge in [-0.1, -0.05) is 23.7 Å². The molecule has 32 heavy (non-hydrogen) atoms. The highest BCUT2D eigenvalue weighted by molar-refractivity contribution is 6.32. The number of nitrogens with zero attached hydrogens (tertiary/aromatic N) is 6. The first-order chi connectivity index (χ1) is 15.3. The minimum Gasteiger partial charge on any atom is -0.489 e. The highest BCUT2D eigenvalue weighted by Crippen LogP contribution is 2.24. The average Bonchev–Trinajstić information content (AvgIpc) is 3.15. The van der Waals surface area contributed by atoms with E-state index >= 15 is 0 Å². The van der Waals surface area contributed by atoms with Crippen molar-refractivity contribution in [2.75, 3.05) is 44.7 Å². The first kappa shape index (κ1) is 22.4. The summed E-state index contributed by atoms with van der Waals surface area (Å²) in [4.78, 5) is 34.4. The van der Waals surface area contributed by atoms with E-state index in [0.29, 0.717) is 22.4 Å². The lowest BCUT2D eigenvalue weighted by Gasteiger charge is -2.33. The van der Waals surface area contributed by atoms with E-state index < -0.39 is 17.4 Å². The number of aliphatic hydroxyl groups is 1. The lowest BCUT2D eigenvalue weighted by molar-refractivity contribution is 0.0936. The number of halogens is 1. The molecule has 2 aromatic heterocycles. The molecule has 1 saturated heterocycles. The average molecular weight is 463 g/mol. The van der Waals surface area contributed by atoms with Crippen LogP contribution in [-0.2, 0) is 20.6 Å². The van der Waals surface area contributed by atoms with Gasteiger partial charge in [0.1, 0.15) is 18.5 Å². The molecule has 11 heteroatoms. The van der Waals surface area contributed by atoms with E-state index in [1.165, 1.54) is 11.6 Å². The third-order valence-corrected chi connectivity index (χ3v) is 6.09. The summed E-state index contributed by atoms with van der Waals surface area (Å²) in [5, 5.41) is 11.2. The Morgan fingerprint density at radius 1 is 1.09 bits per heavy atom. The number of hydrogen-bond acceptors (Lipinski definition) is 7. The van der Waals surface area contributed by atoms with E-state index in [9.17, 15) is 14.7 Å². The predicted octanol–water partition coefficient (Wildman–Crippen LogP) is 0.279. The molecule has 1 aromatic carbocycles. The fourth-order valence-corrected chi connectivity index (χ4v) is 4.06. The Balaban J connectivity index is 1.71. The monoisotopic (exact) mass is 462 g/mol. The molecule has 3 heterocycles. The molecule has 4 rings (SSSR count). The van der Waals surface area contributed by atoms with Crippen LogP contribution >= 0.6 is 11.6 Å². The van der Waals surface area contributed by atoms with Gasteiger partial charge in [-0.05, 0) is 19.2 Å². The number of ether oxygens (including phenoxy) is 1. The minimum absolute atomic E-state index is 0.0162. The van der Waals surface area contributed by atoms with E-state index in [2.05, 4.69) is 21.8 Å². The van der Waals surface area contributed by atoms with Crippen molar-refractivity contribution < 1.29 is 9.84 Å². The smallest absolute Gasteiger partial charge is 0.332 e. The van der Waals surface area contributed by atoms with Gasteiger partial charge in [-0.15, -0.1) is 0 Å². The zero-order valence-corrected chi connectivity index (χ0v) is 19.1. The Morgan fingerprint density at radius 3 is 2.47 bits per heavy atom. The van der Waals surface area contributed by atoms with Crippen LogP contribution in [0.3, 0.4) is 0 Å². The van der Waals surface area contributed by atoms with Gasteiger partial charge in [0.2, 0.25) is 5.95 Å². The highest BCUT2D eigenvalue weighted by Gasteiger charge is 2.26. The van der Waals surface area contributed by atoms with Crippen molar-refractivity contribution in [3.05, 3.63) is 50.1 Å². The van der Waals surface area contributed by atoms with Gasteiger partial charge in [0.05, 0.1) is 11.6 Å². The number of aryl methyl sites for hydroxylation is 1. The van der Waals surface area contributed by atoms with Crippen LogP contribution in [0.25, 0.3) is 11.2 Å². The van der Waals surface area contributed by atoms with Gasteiger partial charge < -0.3 is 24.2 Å². The molecular weight excluding hydrogens is 436 g/mol. The zero-order valence-electron chi connectivity index (χ0n) is 18.4. The summed E-state index contributed by atoms with van der Waals surface area (Å²) >= 11 is 6.13. The van der Waals surface area contributed by atoms with E-state index in [0.717, 1.165) is 30.7 Å². The van der Waals surface area contributed by atoms with Crippen LogP contribution < -0.4 is 20.9 Å². The molecule has 1 aliphatic heterocycles. The van der Waals surface area contributed by atoms with Gasteiger partial charge >= 0.3 is 5.69 Å². The quantitative estimate of drug-likeness (QED) is 0.562. The van der Waals surface area contributed by atoms with Gasteiger partial charge in [0.15, 0.2) is 11.2 Å². The minimum atomic E-state index is -0.933. The van der Waals surface area contributed by atoms with Crippen molar-refractivity contribution in [1.82, 2.24) is 23.6 Å². The van der Waals surface area contributed by atoms with Gasteiger partial charge in [0.25, 0.3) is 5.56 Å². The molecule has 0 bridgehead atoms. The van der Waals surface area contributed by atoms with E-state index in [4.69, 9.17) is 16.3 Å². The van der Waals surface area contributed by atoms with Crippen molar-refractivity contribution in [2.45, 2.75) is 12.6 Å². The Labute approximate surface area is 189 Å². The number of fused-ring (bicyclic) bond motifs is 1. The second-order valence-electron chi connectivity index (χ2n) is 8.09. The third-order valence-electron chi connectivity index (χ3n) is 5.78. The van der Waals surface area contributed by atoms with Gasteiger partial charge in [-0.25, -0.2) is 4.79 Å². The normalized spacial score (nSPS) is 16.0. The van der Waals surface area contributed by atoms with E-state index in [1.54, 1.807) is 35.9 Å². The molecule has 0 radical (unpaired) electrons. The Bertz CT molecular complexity index is 1240. The molecule has 1 atom stereocenters. The van der Waals surface area contributed by atoms with Crippen LogP contribution in [0.2, 0.25) is 5.02 Å². The van der Waals surface area contributed by atoms with Crippen molar-refractivity contribution in [1.29, 1.82) is 0 Å². The number of likely N-dealkylation sites (N-methyl/N-ethyl adjacent to an activating group) is 1. The molecule has 0 unspecified atom stereocenters. The molecule has 0 aliphatic carbocycles. The number of rotatable bonds is 6. The predicted molar refractivity (Wildman–Crippen MR) is 123 cm³/mol. The van der Waals surface area contributed by atoms with Gasteiger partial charge in [0, 0.05) is 40.3 Å². The summed E-state index contributed by atoms with van der Waals surface area (Å²) in [5.74, 6) is 1.03. The molecule has 3 aromatic rings. The Kier molecular flexibility index (Phi) is 6.27. The molecule has 10 nitrogen and oxygen atoms in total. The number of para-hydroxylation sites is 1. The van der Waals surface area contributed by atoms with Crippen LogP contribution in [0.1, 0.15) is 0 Å². The lowest BCUT2D eigenvalue weighted by atomic mass is 10.3. The largest absolute Gasteiger partial charge is 0.489 e. The third kappa shape index (κ3) is 4.13. The van der Waals surface area contributed by atoms with Crippen molar-refractivity contribution in [3.8, 4) is 5.75 Å². The molecule has 172 valence electrons. The summed E-state index contributed by atoms with van der Waals surface area (Å²) in [5.41, 5.74) is -0.318. The first-order valence-electron chi connectivity index (χ1n) is 10.4. The van der Waals surface area contributed by atoms with Gasteiger partial charge in [-0.3, -0.25) is 13.9 Å². The molecule has 0 spiro atoms. The standard InChI is InChI=1S/C21H27ClN6O4/c1-24-8-10-27(11-9-24)20-23-18-17(19(30)26(3)21(31)25(18)2)28(20)12-14(29)13-32-16-7-5-4-6-15(16)22/h4-7,14,29H,8-13H2,1-3H3/t14-/m1/s1. The number of benzene rings is 1. The Hall–Kier alpha value is -2.82. The number of aliphatic hydroxyl groups excluding tert-OH is 1. The summed E-state index contributed by atoms with van der Waals surface area (Å²) in [7, 11) is 5.08. The van der Waals surface area contributed by atoms with Crippen LogP contribution in [0.5, 0.6) is 5.75 Å². The van der Waals surface area contributed by atoms with Crippen LogP contribution in [0.15, 0.2) is 33.9 Å². The number of hydrogen-bond donors (Lipinski definition) is 1. The fraction of sp³-hybridized carbons (Fsp3) is 0.476. The van der Waals surface area contributed by atoms with E-state index in [-0.39, 0.29) is 18.7 Å². The second-order valence-corrected chi connectivity index (χ2v) is 8.49. The summed E-state index contributed by atoms with van der Waals surface area (Å²) in [6, 6.07) is 7.03. The SMILES string of the molecule is CN1CCN(c2nc3c(c(=O)n(C)c(=O)n3C)n2C[C@@H](O)COc2ccccc2Cl)CC1. The van der Waals surface area contributed by atoms with Crippen LogP contribution in [-0.4, -0.2) is 74.6 Å². The van der Waals surface area contributed by atoms with Crippen molar-refractivity contribution in [3.63, 3.8) is 0 Å². The summed E-state index contributed by atoms with van der Waals surface area (Å²) in [6.07, 6.45) is -0.933. The summed E-state index contributed by atoms with van der Waals surface area (Å²) in [6.45, 7) is 3.20. The maximum Gasteiger partial charge on any atom is 0.332 e. The van der Waals surface area contributed by atoms with E-state index in [1.807, 2.05) is 0 Å². The maximum absolute atomic E-state index is 13.0. The number of imidazole rings is 1. The maximum atomic E-state index is 13.0. The number of anilines is 1. The topological polar surface area (TPSA) is 97.8 Å². The fourth-order valence-electron chi connectivity index (χ4n) is 3.87. The number of aromatic nitrogens is 4. The van der Waals surface area contributed by atoms with Crippen molar-refractivity contribution >= 4 is 28.7 Å². The summed E-state index contributed by atoms with van der Waals surface area (Å²) < 4.78 is 9.80. The van der Waals surface area contributed by atoms with Gasteiger partial charge in [-0.2, -0.15) is 4.98 Å². The Morgan fingerprint density at radius 2 is 1.78 bits per heavy atom. The van der Waals surface area contributed by atoms with Crippen LogP contribution in [0, 0.1) is 0 Å². The van der Waals surface area contributed by atoms with Crippen molar-refractivity contribution in [2.24, 2.45) is 14.1 Å². The number of piperazine rings is 1. The first-order valence-corrected chi connectivity index (χ1v) is 10.8. The lowest BCUT2D eigenvalue weighted by Crippen LogP contribution is -2.45. The molecule has 1 fully saturated rings. The highest BCUT2D eigenvalue weighted by atomic mass is 35.5. The molecule has 0 amide bonds. The molecular formula is C21H27ClN6O4. The molecule has 1 aliphatic rings.